The Hall–Kier alpha value is 0. The number of fused-ring (bicyclic) bond motifs is 1. The number of rotatable bonds is 3. The van der Waals surface area contributed by atoms with Gasteiger partial charge in [0.1, 0.15) is 0 Å². The fraction of sp³-hybridized carbons (Fsp3) is 1.00. The lowest BCUT2D eigenvalue weighted by molar-refractivity contribution is 0.0993. The van der Waals surface area contributed by atoms with Crippen molar-refractivity contribution >= 4 is 0 Å². The molecule has 0 aromatic carbocycles. The van der Waals surface area contributed by atoms with Gasteiger partial charge in [-0.2, -0.15) is 0 Å². The highest BCUT2D eigenvalue weighted by Gasteiger charge is 2.68. The summed E-state index contributed by atoms with van der Waals surface area (Å²) < 4.78 is 0. The Morgan fingerprint density at radius 3 is 2.22 bits per heavy atom. The van der Waals surface area contributed by atoms with Crippen LogP contribution in [0.4, 0.5) is 0 Å². The summed E-state index contributed by atoms with van der Waals surface area (Å²) in [4.78, 5) is 0. The maximum Gasteiger partial charge on any atom is -0.0261 e. The average Bonchev–Trinajstić information content (AvgIpc) is 3.06. The van der Waals surface area contributed by atoms with Crippen molar-refractivity contribution < 1.29 is 0 Å². The Morgan fingerprint density at radius 2 is 1.72 bits per heavy atom. The van der Waals surface area contributed by atoms with Gasteiger partial charge in [-0.1, -0.05) is 34.1 Å². The molecule has 0 bridgehead atoms. The predicted octanol–water partition coefficient (Wildman–Crippen LogP) is 5.13. The zero-order valence-electron chi connectivity index (χ0n) is 12.7. The highest BCUT2D eigenvalue weighted by molar-refractivity contribution is 5.17. The molecule has 0 aromatic rings. The second kappa shape index (κ2) is 3.36. The van der Waals surface area contributed by atoms with Crippen LogP contribution in [-0.2, 0) is 0 Å². The molecule has 0 aromatic heterocycles. The lowest BCUT2D eigenvalue weighted by Gasteiger charge is -2.40. The van der Waals surface area contributed by atoms with E-state index in [1.807, 2.05) is 0 Å². The minimum absolute atomic E-state index is 0.772. The molecule has 0 heterocycles. The molecule has 18 heavy (non-hydrogen) atoms. The van der Waals surface area contributed by atoms with Crippen molar-refractivity contribution in [3.8, 4) is 0 Å². The van der Waals surface area contributed by atoms with E-state index in [-0.39, 0.29) is 0 Å². The van der Waals surface area contributed by atoms with Gasteiger partial charge < -0.3 is 0 Å². The summed E-state index contributed by atoms with van der Waals surface area (Å²) in [6.07, 6.45) is 9.25. The van der Waals surface area contributed by atoms with E-state index < -0.39 is 0 Å². The molecule has 4 aliphatic rings. The molecule has 8 unspecified atom stereocenters. The molecule has 4 aliphatic carbocycles. The summed E-state index contributed by atoms with van der Waals surface area (Å²) in [5.41, 5.74) is 1.56. The summed E-state index contributed by atoms with van der Waals surface area (Å²) in [6, 6.07) is 0. The van der Waals surface area contributed by atoms with Crippen molar-refractivity contribution in [2.75, 3.05) is 0 Å². The third-order valence-corrected chi connectivity index (χ3v) is 8.15. The van der Waals surface area contributed by atoms with Gasteiger partial charge in [0.25, 0.3) is 0 Å². The Kier molecular flexibility index (Phi) is 2.20. The Morgan fingerprint density at radius 1 is 0.944 bits per heavy atom. The topological polar surface area (TPSA) is 0 Å². The van der Waals surface area contributed by atoms with E-state index in [1.54, 1.807) is 12.8 Å². The van der Waals surface area contributed by atoms with Gasteiger partial charge >= 0.3 is 0 Å². The molecule has 0 saturated heterocycles. The van der Waals surface area contributed by atoms with Crippen molar-refractivity contribution in [1.82, 2.24) is 0 Å². The molecule has 4 fully saturated rings. The second-order valence-electron chi connectivity index (χ2n) is 8.96. The molecule has 4 rings (SSSR count). The summed E-state index contributed by atoms with van der Waals surface area (Å²) in [5.74, 6) is 6.49. The average molecular weight is 246 g/mol. The third kappa shape index (κ3) is 1.33. The van der Waals surface area contributed by atoms with Crippen LogP contribution in [-0.4, -0.2) is 0 Å². The molecule has 4 saturated carbocycles. The van der Waals surface area contributed by atoms with Crippen LogP contribution in [0.2, 0.25) is 0 Å². The van der Waals surface area contributed by atoms with Crippen LogP contribution in [0.3, 0.4) is 0 Å². The van der Waals surface area contributed by atoms with Gasteiger partial charge in [0.2, 0.25) is 0 Å². The summed E-state index contributed by atoms with van der Waals surface area (Å²) in [5, 5.41) is 0. The smallest absolute Gasteiger partial charge is 0.0261 e. The maximum atomic E-state index is 2.61. The minimum atomic E-state index is 0.772. The zero-order chi connectivity index (χ0) is 12.7. The summed E-state index contributed by atoms with van der Waals surface area (Å²) in [7, 11) is 0. The quantitative estimate of drug-likeness (QED) is 0.647. The van der Waals surface area contributed by atoms with Crippen molar-refractivity contribution in [1.29, 1.82) is 0 Å². The van der Waals surface area contributed by atoms with E-state index in [0.29, 0.717) is 0 Å². The van der Waals surface area contributed by atoms with Crippen LogP contribution in [0, 0.1) is 46.3 Å². The van der Waals surface area contributed by atoms with Crippen LogP contribution < -0.4 is 0 Å². The van der Waals surface area contributed by atoms with Gasteiger partial charge in [0.05, 0.1) is 0 Å². The van der Waals surface area contributed by atoms with Crippen LogP contribution >= 0.6 is 0 Å². The highest BCUT2D eigenvalue weighted by atomic mass is 14.7. The molecule has 0 amide bonds. The first-order valence-electron chi connectivity index (χ1n) is 8.47. The fourth-order valence-electron chi connectivity index (χ4n) is 6.46. The molecule has 8 atom stereocenters. The van der Waals surface area contributed by atoms with E-state index in [9.17, 15) is 0 Å². The Bertz CT molecular complexity index is 372. The Labute approximate surface area is 113 Å². The van der Waals surface area contributed by atoms with Gasteiger partial charge in [-0.05, 0) is 78.4 Å². The molecule has 0 N–H and O–H groups in total. The molecule has 0 nitrogen and oxygen atoms in total. The second-order valence-corrected chi connectivity index (χ2v) is 8.96. The van der Waals surface area contributed by atoms with Gasteiger partial charge in [0, 0.05) is 0 Å². The Balaban J connectivity index is 1.38. The van der Waals surface area contributed by atoms with Crippen LogP contribution in [0.15, 0.2) is 0 Å². The molecule has 0 spiro atoms. The van der Waals surface area contributed by atoms with E-state index in [1.165, 1.54) is 25.7 Å². The normalized spacial score (nSPS) is 65.3. The summed E-state index contributed by atoms with van der Waals surface area (Å²) >= 11 is 0. The molecule has 0 aliphatic heterocycles. The maximum absolute atomic E-state index is 2.61. The van der Waals surface area contributed by atoms with Crippen molar-refractivity contribution in [2.45, 2.75) is 66.2 Å². The van der Waals surface area contributed by atoms with Crippen LogP contribution in [0.5, 0.6) is 0 Å². The molecule has 102 valence electrons. The van der Waals surface area contributed by atoms with E-state index in [4.69, 9.17) is 0 Å². The zero-order valence-corrected chi connectivity index (χ0v) is 12.7. The van der Waals surface area contributed by atoms with Gasteiger partial charge in [0.15, 0.2) is 0 Å². The summed E-state index contributed by atoms with van der Waals surface area (Å²) in [6.45, 7) is 10.2. The first kappa shape index (κ1) is 11.8. The van der Waals surface area contributed by atoms with Crippen molar-refractivity contribution in [3.63, 3.8) is 0 Å². The number of hydrogen-bond acceptors (Lipinski definition) is 0. The van der Waals surface area contributed by atoms with Crippen LogP contribution in [0.25, 0.3) is 0 Å². The third-order valence-electron chi connectivity index (χ3n) is 8.15. The van der Waals surface area contributed by atoms with E-state index in [2.05, 4.69) is 27.7 Å². The molecule has 0 radical (unpaired) electrons. The minimum Gasteiger partial charge on any atom is -0.0622 e. The largest absolute Gasteiger partial charge is 0.0622 e. The molecular formula is C18H30. The first-order chi connectivity index (χ1) is 8.47. The first-order valence-corrected chi connectivity index (χ1v) is 8.47. The van der Waals surface area contributed by atoms with E-state index >= 15 is 0 Å². The van der Waals surface area contributed by atoms with Gasteiger partial charge in [-0.25, -0.2) is 0 Å². The lowest BCUT2D eigenvalue weighted by atomic mass is 9.65. The van der Waals surface area contributed by atoms with Gasteiger partial charge in [-0.3, -0.25) is 0 Å². The monoisotopic (exact) mass is 246 g/mol. The predicted molar refractivity (Wildman–Crippen MR) is 76.2 cm³/mol. The van der Waals surface area contributed by atoms with Gasteiger partial charge in [-0.15, -0.1) is 0 Å². The molecule has 0 heteroatoms. The number of hydrogen-bond donors (Lipinski definition) is 0. The standard InChI is InChI=1S/C18H30/c1-11-5-6-14(11)18(4)10-13(18)9-15-16-12(2)7-8-17(15,16)3/h11-16H,5-10H2,1-4H3. The SMILES string of the molecule is CC1CCC1C1(C)CC1CC1C2C(C)CCC12C. The van der Waals surface area contributed by atoms with E-state index in [0.717, 1.165) is 46.3 Å². The van der Waals surface area contributed by atoms with Crippen molar-refractivity contribution in [2.24, 2.45) is 46.3 Å². The lowest BCUT2D eigenvalue weighted by Crippen LogP contribution is -2.31. The van der Waals surface area contributed by atoms with Crippen molar-refractivity contribution in [3.05, 3.63) is 0 Å². The molecular weight excluding hydrogens is 216 g/mol. The highest BCUT2D eigenvalue weighted by Crippen LogP contribution is 2.76. The van der Waals surface area contributed by atoms with Crippen LogP contribution in [0.1, 0.15) is 66.2 Å². The fourth-order valence-corrected chi connectivity index (χ4v) is 6.46.